The highest BCUT2D eigenvalue weighted by Gasteiger charge is 2.34. The van der Waals surface area contributed by atoms with E-state index in [1.807, 2.05) is 35.2 Å². The third-order valence-electron chi connectivity index (χ3n) is 5.99. The lowest BCUT2D eigenvalue weighted by molar-refractivity contribution is 0.0600. The van der Waals surface area contributed by atoms with Crippen LogP contribution in [0.3, 0.4) is 0 Å². The lowest BCUT2D eigenvalue weighted by Crippen LogP contribution is -2.42. The van der Waals surface area contributed by atoms with E-state index in [4.69, 9.17) is 33.3 Å². The van der Waals surface area contributed by atoms with E-state index in [0.717, 1.165) is 28.6 Å². The molecule has 0 bridgehead atoms. The minimum Gasteiger partial charge on any atom is -0.465 e. The number of hydrogen-bond acceptors (Lipinski definition) is 4. The van der Waals surface area contributed by atoms with E-state index in [1.165, 1.54) is 24.8 Å². The number of ether oxygens (including phenoxy) is 2. The molecule has 174 valence electrons. The van der Waals surface area contributed by atoms with Crippen molar-refractivity contribution in [2.45, 2.75) is 12.5 Å². The van der Waals surface area contributed by atoms with Crippen LogP contribution in [0.25, 0.3) is 10.9 Å². The molecule has 0 saturated heterocycles. The largest absolute Gasteiger partial charge is 0.465 e. The average molecular weight is 497 g/mol. The van der Waals surface area contributed by atoms with E-state index in [9.17, 15) is 9.18 Å². The fourth-order valence-corrected chi connectivity index (χ4v) is 4.85. The molecular formula is C26H22ClFN2O3S. The first-order valence-corrected chi connectivity index (χ1v) is 11.5. The van der Waals surface area contributed by atoms with Gasteiger partial charge in [-0.25, -0.2) is 9.18 Å². The van der Waals surface area contributed by atoms with Gasteiger partial charge >= 0.3 is 5.97 Å². The summed E-state index contributed by atoms with van der Waals surface area (Å²) >= 11 is 12.0. The maximum Gasteiger partial charge on any atom is 0.337 e. The molecule has 1 aliphatic heterocycles. The van der Waals surface area contributed by atoms with Crippen LogP contribution in [0.5, 0.6) is 5.75 Å². The summed E-state index contributed by atoms with van der Waals surface area (Å²) in [5, 5.41) is 2.02. The van der Waals surface area contributed by atoms with Crippen molar-refractivity contribution in [1.29, 1.82) is 0 Å². The summed E-state index contributed by atoms with van der Waals surface area (Å²) in [4.78, 5) is 17.5. The molecule has 3 aromatic carbocycles. The van der Waals surface area contributed by atoms with Crippen molar-refractivity contribution >= 4 is 45.9 Å². The molecule has 0 radical (unpaired) electrons. The second-order valence-electron chi connectivity index (χ2n) is 7.99. The summed E-state index contributed by atoms with van der Waals surface area (Å²) in [5.41, 5.74) is 4.52. The molecule has 0 saturated carbocycles. The van der Waals surface area contributed by atoms with E-state index in [2.05, 4.69) is 4.98 Å². The highest BCUT2D eigenvalue weighted by atomic mass is 35.5. The van der Waals surface area contributed by atoms with E-state index in [1.54, 1.807) is 24.3 Å². The Kier molecular flexibility index (Phi) is 5.98. The first kappa shape index (κ1) is 22.4. The first-order chi connectivity index (χ1) is 16.4. The highest BCUT2D eigenvalue weighted by molar-refractivity contribution is 7.80. The van der Waals surface area contributed by atoms with Crippen LogP contribution in [0, 0.1) is 5.82 Å². The van der Waals surface area contributed by atoms with Gasteiger partial charge in [-0.1, -0.05) is 23.7 Å². The molecule has 0 fully saturated rings. The third kappa shape index (κ3) is 4.13. The second kappa shape index (κ2) is 9.08. The van der Waals surface area contributed by atoms with Crippen LogP contribution in [0.2, 0.25) is 5.02 Å². The van der Waals surface area contributed by atoms with Crippen LogP contribution in [-0.4, -0.2) is 34.7 Å². The smallest absolute Gasteiger partial charge is 0.337 e. The van der Waals surface area contributed by atoms with E-state index in [-0.39, 0.29) is 18.5 Å². The van der Waals surface area contributed by atoms with Crippen LogP contribution in [0.4, 0.5) is 4.39 Å². The van der Waals surface area contributed by atoms with Gasteiger partial charge < -0.3 is 19.4 Å². The van der Waals surface area contributed by atoms with E-state index < -0.39 is 5.97 Å². The number of methoxy groups -OCH3 is 1. The van der Waals surface area contributed by atoms with Crippen LogP contribution in [0.1, 0.15) is 34.6 Å². The molecule has 0 aliphatic carbocycles. The van der Waals surface area contributed by atoms with Crippen LogP contribution in [-0.2, 0) is 11.2 Å². The van der Waals surface area contributed by atoms with Gasteiger partial charge in [-0.15, -0.1) is 0 Å². The Hall–Kier alpha value is -3.42. The lowest BCUT2D eigenvalue weighted by atomic mass is 9.92. The molecule has 8 heteroatoms. The van der Waals surface area contributed by atoms with Gasteiger partial charge in [-0.3, -0.25) is 0 Å². The Balaban J connectivity index is 0.00000289. The standard InChI is InChI=1S/C26H20ClFN2O3S.H2/c1-32-25(31)16-4-2-15(3-5-16)24-23-20(21-14-17(27)6-11-22(21)29-23)12-13-30(24)26(34)33-19-9-7-18(28)8-10-19;/h2-11,14,24,29H,12-13H2,1H3;1H. The van der Waals surface area contributed by atoms with Crippen molar-refractivity contribution in [3.63, 3.8) is 0 Å². The summed E-state index contributed by atoms with van der Waals surface area (Å²) in [6, 6.07) is 18.5. The van der Waals surface area contributed by atoms with Crippen LogP contribution < -0.4 is 4.74 Å². The molecule has 1 aliphatic rings. The summed E-state index contributed by atoms with van der Waals surface area (Å²) in [5.74, 6) is -0.287. The number of carbonyl (C=O) groups is 1. The van der Waals surface area contributed by atoms with Crippen LogP contribution in [0.15, 0.2) is 66.7 Å². The molecule has 4 aromatic rings. The Labute approximate surface area is 207 Å². The van der Waals surface area contributed by atoms with Crippen molar-refractivity contribution in [3.8, 4) is 5.75 Å². The normalized spacial score (nSPS) is 15.1. The molecular weight excluding hydrogens is 475 g/mol. The van der Waals surface area contributed by atoms with Gasteiger partial charge in [0.05, 0.1) is 18.7 Å². The van der Waals surface area contributed by atoms with Gasteiger partial charge in [-0.2, -0.15) is 0 Å². The average Bonchev–Trinajstić information content (AvgIpc) is 3.22. The number of carbonyl (C=O) groups excluding carboxylic acids is 1. The molecule has 1 atom stereocenters. The molecule has 1 unspecified atom stereocenters. The fraction of sp³-hybridized carbons (Fsp3) is 0.154. The number of rotatable bonds is 3. The van der Waals surface area contributed by atoms with Crippen molar-refractivity contribution < 1.29 is 20.1 Å². The number of thiocarbonyl (C=S) groups is 1. The summed E-state index contributed by atoms with van der Waals surface area (Å²) in [7, 11) is 1.35. The van der Waals surface area contributed by atoms with Gasteiger partial charge in [-0.05, 0) is 84.4 Å². The number of halogens is 2. The maximum absolute atomic E-state index is 13.3. The van der Waals surface area contributed by atoms with Gasteiger partial charge in [0.15, 0.2) is 0 Å². The molecule has 5 nitrogen and oxygen atoms in total. The number of aromatic nitrogens is 1. The van der Waals surface area contributed by atoms with Gasteiger partial charge in [0.1, 0.15) is 11.6 Å². The monoisotopic (exact) mass is 496 g/mol. The predicted octanol–water partition coefficient (Wildman–Crippen LogP) is 6.30. The lowest BCUT2D eigenvalue weighted by Gasteiger charge is -2.37. The van der Waals surface area contributed by atoms with Gasteiger partial charge in [0.2, 0.25) is 0 Å². The molecule has 1 aromatic heterocycles. The zero-order chi connectivity index (χ0) is 23.8. The van der Waals surface area contributed by atoms with E-state index >= 15 is 0 Å². The number of hydrogen-bond donors (Lipinski definition) is 1. The minimum absolute atomic E-state index is 0. The van der Waals surface area contributed by atoms with Crippen molar-refractivity contribution in [1.82, 2.24) is 9.88 Å². The molecule has 2 heterocycles. The van der Waals surface area contributed by atoms with Gasteiger partial charge in [0, 0.05) is 29.6 Å². The number of aromatic amines is 1. The van der Waals surface area contributed by atoms with Crippen LogP contribution >= 0.6 is 23.8 Å². The quantitative estimate of drug-likeness (QED) is 0.266. The zero-order valence-electron chi connectivity index (χ0n) is 18.2. The molecule has 34 heavy (non-hydrogen) atoms. The molecule has 0 amide bonds. The van der Waals surface area contributed by atoms with Crippen molar-refractivity contribution in [2.24, 2.45) is 0 Å². The second-order valence-corrected chi connectivity index (χ2v) is 8.77. The Morgan fingerprint density at radius 2 is 1.88 bits per heavy atom. The summed E-state index contributed by atoms with van der Waals surface area (Å²) in [6.45, 7) is 0.607. The number of benzene rings is 3. The number of esters is 1. The predicted molar refractivity (Wildman–Crippen MR) is 135 cm³/mol. The van der Waals surface area contributed by atoms with Crippen molar-refractivity contribution in [2.75, 3.05) is 13.7 Å². The Morgan fingerprint density at radius 1 is 1.15 bits per heavy atom. The van der Waals surface area contributed by atoms with Crippen molar-refractivity contribution in [3.05, 3.63) is 100.0 Å². The minimum atomic E-state index is -0.400. The summed E-state index contributed by atoms with van der Waals surface area (Å²) < 4.78 is 24.1. The maximum atomic E-state index is 13.3. The zero-order valence-corrected chi connectivity index (χ0v) is 19.8. The molecule has 1 N–H and O–H groups in total. The number of nitrogens with one attached hydrogen (secondary N) is 1. The number of H-pyrrole nitrogens is 1. The number of nitrogens with zero attached hydrogens (tertiary/aromatic N) is 1. The topological polar surface area (TPSA) is 54.6 Å². The summed E-state index contributed by atoms with van der Waals surface area (Å²) in [6.07, 6.45) is 0.735. The highest BCUT2D eigenvalue weighted by Crippen LogP contribution is 2.39. The number of fused-ring (bicyclic) bond motifs is 3. The SMILES string of the molecule is COC(=O)c1ccc(C2c3[nH]c4ccc(Cl)cc4c3CCN2C(=S)Oc2ccc(F)cc2)cc1.[HH]. The van der Waals surface area contributed by atoms with Gasteiger partial charge in [0.25, 0.3) is 5.17 Å². The Morgan fingerprint density at radius 3 is 2.59 bits per heavy atom. The first-order valence-electron chi connectivity index (χ1n) is 10.7. The molecule has 0 spiro atoms. The molecule has 5 rings (SSSR count). The van der Waals surface area contributed by atoms with E-state index in [0.29, 0.717) is 22.9 Å². The third-order valence-corrected chi connectivity index (χ3v) is 6.54. The Bertz CT molecular complexity index is 1390. The fourth-order valence-electron chi connectivity index (χ4n) is 4.39.